The van der Waals surface area contributed by atoms with Crippen molar-refractivity contribution in [2.24, 2.45) is 0 Å². The second kappa shape index (κ2) is 48.5. The molecule has 10 aliphatic rings. The van der Waals surface area contributed by atoms with Gasteiger partial charge in [0.25, 0.3) is 5.79 Å². The van der Waals surface area contributed by atoms with Gasteiger partial charge >= 0.3 is 5.97 Å². The van der Waals surface area contributed by atoms with Crippen molar-refractivity contribution in [2.75, 3.05) is 66.1 Å². The van der Waals surface area contributed by atoms with Crippen LogP contribution in [0.1, 0.15) is 48.0 Å². The number of aliphatic hydroxyl groups is 27. The Morgan fingerprint density at radius 2 is 0.615 bits per heavy atom. The highest BCUT2D eigenvalue weighted by Crippen LogP contribution is 2.43. The van der Waals surface area contributed by atoms with Gasteiger partial charge in [-0.2, -0.15) is 0 Å². The molecule has 0 aromatic rings. The van der Waals surface area contributed by atoms with Gasteiger partial charge in [0.05, 0.1) is 78.2 Å². The Labute approximate surface area is 764 Å². The molecular formula is C75H124N6O54. The van der Waals surface area contributed by atoms with Crippen LogP contribution in [0.5, 0.6) is 0 Å². The SMILES string of the molecule is CC(=O)N[C@@H]1[C@@H](O)[C@H](O[C@@H]2O[C@H](CO)[C@@H](O[C@@H]3O[C@H](CO[C@@H]4O[C@H](CO)[C@@H](O)[C@H](O)[C@@H]4O[C@@H]4O[C@H](CO)[C@@H](O[C@@H]5O[C@H](COC6(C(=O)O)C[C@H](O)[C@@H](NC(C)=O)[C@H]([C@H](O)[C@H](O)CO)O6)[C@H](O)[C@H](O)[C@H]5O)[C@H](O)[C@H]4NC(C)=O)[C@@H](O[C@@H]4O[C@H](CO)[C@@H](O)[C@H](O)[C@H]4NC(C)=O)[C@H](O[C@@H]4O[C@H](CO)[C@@H](O)[C@H](O)[C@@H]4O[C@@H]4O[C@H](CO)[C@@H](O)[C@H](O)[C@H]4NC(C)=O)[C@@H]3O)[C@H](O)[C@H]2NC(C)=O)[C@@H](CO)O[C@H]1O. The zero-order chi connectivity index (χ0) is 99.9. The molecule has 0 aromatic carbocycles. The Bertz CT molecular complexity index is 3820. The summed E-state index contributed by atoms with van der Waals surface area (Å²) in [6.45, 7) is -6.76. The molecule has 51 atom stereocenters. The topological polar surface area (TPSA) is 933 Å². The number of carbonyl (C=O) groups excluding carboxylic acids is 6. The molecule has 0 spiro atoms. The lowest BCUT2D eigenvalue weighted by Crippen LogP contribution is -2.71. The van der Waals surface area contributed by atoms with Crippen molar-refractivity contribution in [3.8, 4) is 0 Å². The van der Waals surface area contributed by atoms with Gasteiger partial charge in [-0.3, -0.25) is 28.8 Å². The number of hydrogen-bond donors (Lipinski definition) is 34. The van der Waals surface area contributed by atoms with Crippen molar-refractivity contribution >= 4 is 41.4 Å². The van der Waals surface area contributed by atoms with E-state index in [4.69, 9.17) is 90.0 Å². The molecule has 0 saturated carbocycles. The number of carboxylic acids is 1. The molecule has 10 fully saturated rings. The van der Waals surface area contributed by atoms with E-state index in [1.165, 1.54) is 0 Å². The number of carbonyl (C=O) groups is 7. The van der Waals surface area contributed by atoms with Crippen LogP contribution in [0.2, 0.25) is 0 Å². The Hall–Kier alpha value is -5.55. The van der Waals surface area contributed by atoms with Crippen LogP contribution in [0.25, 0.3) is 0 Å². The lowest BCUT2D eigenvalue weighted by atomic mass is 9.88. The van der Waals surface area contributed by atoms with Gasteiger partial charge in [0.15, 0.2) is 56.6 Å². The monoisotopic (exact) mass is 1970 g/mol. The zero-order valence-electron chi connectivity index (χ0n) is 72.8. The number of hydrogen-bond acceptors (Lipinski definition) is 53. The van der Waals surface area contributed by atoms with Crippen molar-refractivity contribution in [1.82, 2.24) is 31.9 Å². The molecule has 778 valence electrons. The van der Waals surface area contributed by atoms with Gasteiger partial charge < -0.3 is 265 Å². The fourth-order valence-electron chi connectivity index (χ4n) is 17.3. The van der Waals surface area contributed by atoms with Crippen molar-refractivity contribution in [3.05, 3.63) is 0 Å². The number of aliphatic carboxylic acids is 1. The average Bonchev–Trinajstić information content (AvgIpc) is 0.759. The second-order valence-electron chi connectivity index (χ2n) is 33.9. The van der Waals surface area contributed by atoms with Crippen LogP contribution in [-0.4, -0.2) is 563 Å². The van der Waals surface area contributed by atoms with Crippen LogP contribution >= 0.6 is 0 Å². The quantitative estimate of drug-likeness (QED) is 0.0275. The van der Waals surface area contributed by atoms with Crippen LogP contribution in [0.4, 0.5) is 0 Å². The third-order valence-electron chi connectivity index (χ3n) is 24.3. The first-order valence-electron chi connectivity index (χ1n) is 42.7. The van der Waals surface area contributed by atoms with Crippen LogP contribution in [0, 0.1) is 0 Å². The van der Waals surface area contributed by atoms with Crippen molar-refractivity contribution in [2.45, 2.75) is 360 Å². The maximum Gasteiger partial charge on any atom is 0.364 e. The van der Waals surface area contributed by atoms with Gasteiger partial charge in [-0.15, -0.1) is 0 Å². The molecule has 135 heavy (non-hydrogen) atoms. The summed E-state index contributed by atoms with van der Waals surface area (Å²) in [7, 11) is 0. The summed E-state index contributed by atoms with van der Waals surface area (Å²) >= 11 is 0. The minimum absolute atomic E-state index is 0.831. The molecule has 0 aromatic heterocycles. The summed E-state index contributed by atoms with van der Waals surface area (Å²) in [5, 5.41) is 330. The van der Waals surface area contributed by atoms with E-state index in [1.807, 2.05) is 0 Å². The summed E-state index contributed by atoms with van der Waals surface area (Å²) in [5.74, 6) is -10.9. The van der Waals surface area contributed by atoms with Gasteiger partial charge in [-0.25, -0.2) is 4.79 Å². The van der Waals surface area contributed by atoms with Crippen molar-refractivity contribution < 1.29 is 267 Å². The first kappa shape index (κ1) is 111. The highest BCUT2D eigenvalue weighted by molar-refractivity contribution is 5.77. The fourth-order valence-corrected chi connectivity index (χ4v) is 17.3. The Morgan fingerprint density at radius 1 is 0.304 bits per heavy atom. The van der Waals surface area contributed by atoms with Gasteiger partial charge in [-0.05, 0) is 0 Å². The molecule has 60 heteroatoms. The van der Waals surface area contributed by atoms with E-state index in [1.54, 1.807) is 0 Å². The normalized spacial score (nSPS) is 46.4. The number of ether oxygens (including phenoxy) is 19. The first-order valence-corrected chi connectivity index (χ1v) is 42.7. The summed E-state index contributed by atoms with van der Waals surface area (Å²) in [4.78, 5) is 90.1. The lowest BCUT2D eigenvalue weighted by Gasteiger charge is -2.52. The number of nitrogens with one attached hydrogen (secondary N) is 6. The van der Waals surface area contributed by atoms with Crippen LogP contribution in [0.15, 0.2) is 0 Å². The van der Waals surface area contributed by atoms with Crippen LogP contribution < -0.4 is 31.9 Å². The standard InChI is InChI=1S/C75H124N6O54/c1-18(90)76-35-24(96)7-75(74(115)116,135-61(35)41(98)25(97)8-82)118-17-33-46(103)52(109)55(112)70(126-33)129-58-31(14-88)125-69(40(51(58)108)81-23(6)95)133-63-53(110)44(101)28(11-85)122-72(63)117-16-34-60(131-66-37(78-20(3)92)47(104)42(99)26(9-83)120-66)62(132-73-64(54(111)45(102)29(12-86)123-73)134-67-38(79-21(4)93)48(105)43(100)27(10-84)121-67)56(113)71(127-34)130-59-32(15-89)124-68(39(50(59)107)80-22(5)94)128-57-30(13-87)119-65(114)36(49(57)106)77-19(2)91/h24-73,82-89,96-114H,7-17H2,1-6H3,(H,76,90)(H,77,91)(H,78,92)(H,79,93)(H,80,94)(H,81,95)(H,115,116)/t24-,25+,26+,27+,28+,29+,30+,31+,32+,33+,34+,35+,36+,37+,38+,39+,40+,41+,42+,43+,44+,45+,46-,47+,48+,49+,50+,51+,52-,53-,54-,55+,56-,57+,58+,59+,60+,61+,62+,63-,64-,65+,66-,67-,68-,69-,70-,71-,72+,73-,75?/m0/s1. The maximum atomic E-state index is 13.3. The highest BCUT2D eigenvalue weighted by Gasteiger charge is 2.64. The smallest absolute Gasteiger partial charge is 0.364 e. The number of amides is 6. The lowest BCUT2D eigenvalue weighted by molar-refractivity contribution is -0.407. The predicted molar refractivity (Wildman–Crippen MR) is 416 cm³/mol. The van der Waals surface area contributed by atoms with E-state index < -0.39 is 426 Å². The minimum Gasteiger partial charge on any atom is -0.477 e. The highest BCUT2D eigenvalue weighted by atomic mass is 16.8. The third-order valence-corrected chi connectivity index (χ3v) is 24.3. The Balaban J connectivity index is 1.04. The largest absolute Gasteiger partial charge is 0.477 e. The summed E-state index contributed by atoms with van der Waals surface area (Å²) in [6.07, 6.45) is -99.8. The molecule has 6 amide bonds. The van der Waals surface area contributed by atoms with Gasteiger partial charge in [0.1, 0.15) is 238 Å². The zero-order valence-corrected chi connectivity index (χ0v) is 72.8. The molecule has 0 aliphatic carbocycles. The number of rotatable bonds is 37. The minimum atomic E-state index is -3.12. The van der Waals surface area contributed by atoms with Gasteiger partial charge in [0, 0.05) is 48.0 Å². The van der Waals surface area contributed by atoms with E-state index in [9.17, 15) is 177 Å². The molecule has 10 aliphatic heterocycles. The van der Waals surface area contributed by atoms with Crippen LogP contribution in [-0.2, 0) is 124 Å². The fraction of sp³-hybridized carbons (Fsp3) is 0.907. The molecule has 1 unspecified atom stereocenters. The summed E-state index contributed by atoms with van der Waals surface area (Å²) in [5.41, 5.74) is 0. The van der Waals surface area contributed by atoms with E-state index in [0.29, 0.717) is 0 Å². The van der Waals surface area contributed by atoms with Gasteiger partial charge in [0.2, 0.25) is 35.4 Å². The molecule has 0 radical (unpaired) electrons. The van der Waals surface area contributed by atoms with Crippen LogP contribution in [0.3, 0.4) is 0 Å². The Morgan fingerprint density at radius 3 is 1.03 bits per heavy atom. The van der Waals surface area contributed by atoms with Gasteiger partial charge in [-0.1, -0.05) is 0 Å². The number of aliphatic hydroxyl groups excluding tert-OH is 27. The van der Waals surface area contributed by atoms with E-state index in [2.05, 4.69) is 31.9 Å². The second-order valence-corrected chi connectivity index (χ2v) is 33.9. The van der Waals surface area contributed by atoms with E-state index >= 15 is 0 Å². The van der Waals surface area contributed by atoms with Crippen molar-refractivity contribution in [3.63, 3.8) is 0 Å². The molecule has 34 N–H and O–H groups in total. The first-order chi connectivity index (χ1) is 63.7. The van der Waals surface area contributed by atoms with E-state index in [-0.39, 0.29) is 0 Å². The molecule has 10 rings (SSSR count). The molecule has 60 nitrogen and oxygen atoms in total. The Kier molecular flexibility index (Phi) is 40.0. The summed E-state index contributed by atoms with van der Waals surface area (Å²) < 4.78 is 115. The molecular weight excluding hydrogens is 1850 g/mol. The van der Waals surface area contributed by atoms with Crippen molar-refractivity contribution in [1.29, 1.82) is 0 Å². The third kappa shape index (κ3) is 25.2. The predicted octanol–water partition coefficient (Wildman–Crippen LogP) is -22.7. The van der Waals surface area contributed by atoms with E-state index in [0.717, 1.165) is 41.5 Å². The average molecular weight is 1970 g/mol. The summed E-state index contributed by atoms with van der Waals surface area (Å²) in [6, 6.07) is -11.5. The molecule has 10 saturated heterocycles. The molecule has 10 heterocycles. The maximum absolute atomic E-state index is 13.3. The number of carboxylic acid groups (broad SMARTS) is 1. The molecule has 0 bridgehead atoms.